The number of nitrogens with zero attached hydrogens (tertiary/aromatic N) is 3. The van der Waals surface area contributed by atoms with E-state index >= 15 is 0 Å². The van der Waals surface area contributed by atoms with E-state index in [1.54, 1.807) is 6.20 Å². The number of para-hydroxylation sites is 1. The smallest absolute Gasteiger partial charge is 0.149 e. The van der Waals surface area contributed by atoms with Gasteiger partial charge in [-0.3, -0.25) is 4.98 Å². The van der Waals surface area contributed by atoms with Crippen molar-refractivity contribution >= 4 is 23.1 Å². The molecule has 110 valence electrons. The Morgan fingerprint density at radius 3 is 2.71 bits per heavy atom. The highest BCUT2D eigenvalue weighted by atomic mass is 35.5. The molecule has 5 heteroatoms. The number of nitrogens with one attached hydrogen (secondary N) is 1. The van der Waals surface area contributed by atoms with Gasteiger partial charge in [0.1, 0.15) is 11.0 Å². The molecule has 2 heterocycles. The van der Waals surface area contributed by atoms with Crippen LogP contribution in [0.25, 0.3) is 0 Å². The molecule has 4 nitrogen and oxygen atoms in total. The van der Waals surface area contributed by atoms with Gasteiger partial charge in [-0.15, -0.1) is 0 Å². The average molecular weight is 303 g/mol. The van der Waals surface area contributed by atoms with Crippen molar-refractivity contribution in [1.29, 1.82) is 0 Å². The number of hydrogen-bond acceptors (Lipinski definition) is 4. The monoisotopic (exact) mass is 302 g/mol. The van der Waals surface area contributed by atoms with Gasteiger partial charge in [0.15, 0.2) is 0 Å². The number of anilines is 2. The number of rotatable bonds is 4. The predicted molar refractivity (Wildman–Crippen MR) is 86.9 cm³/mol. The zero-order valence-electron chi connectivity index (χ0n) is 11.9. The first-order valence-electron chi connectivity index (χ1n) is 7.37. The molecular weight excluding hydrogens is 284 g/mol. The summed E-state index contributed by atoms with van der Waals surface area (Å²) in [4.78, 5) is 10.7. The van der Waals surface area contributed by atoms with E-state index in [0.717, 1.165) is 19.6 Å². The van der Waals surface area contributed by atoms with Gasteiger partial charge in [-0.1, -0.05) is 29.8 Å². The fraction of sp³-hybridized carbons (Fsp3) is 0.375. The molecule has 0 radical (unpaired) electrons. The summed E-state index contributed by atoms with van der Waals surface area (Å²) in [5, 5.41) is 3.70. The Hall–Kier alpha value is -1.81. The molecule has 1 saturated heterocycles. The lowest BCUT2D eigenvalue weighted by molar-refractivity contribution is 0.576. The van der Waals surface area contributed by atoms with E-state index in [1.807, 2.05) is 0 Å². The molecule has 1 N–H and O–H groups in total. The summed E-state index contributed by atoms with van der Waals surface area (Å²) in [5.74, 6) is 0.705. The van der Waals surface area contributed by atoms with E-state index in [4.69, 9.17) is 11.6 Å². The van der Waals surface area contributed by atoms with Crippen LogP contribution in [0.5, 0.6) is 0 Å². The second-order valence-electron chi connectivity index (χ2n) is 5.26. The summed E-state index contributed by atoms with van der Waals surface area (Å²) >= 11 is 5.86. The molecule has 1 fully saturated rings. The Morgan fingerprint density at radius 2 is 1.90 bits per heavy atom. The quantitative estimate of drug-likeness (QED) is 0.934. The SMILES string of the molecule is Clc1cncc(NCc2ccccc2N2CCCCC2)n1. The van der Waals surface area contributed by atoms with Gasteiger partial charge in [-0.2, -0.15) is 0 Å². The highest BCUT2D eigenvalue weighted by Crippen LogP contribution is 2.24. The van der Waals surface area contributed by atoms with Crippen molar-refractivity contribution in [3.8, 4) is 0 Å². The lowest BCUT2D eigenvalue weighted by Gasteiger charge is -2.30. The van der Waals surface area contributed by atoms with Crippen LogP contribution < -0.4 is 10.2 Å². The zero-order valence-corrected chi connectivity index (χ0v) is 12.7. The highest BCUT2D eigenvalue weighted by Gasteiger charge is 2.13. The van der Waals surface area contributed by atoms with Crippen molar-refractivity contribution in [1.82, 2.24) is 9.97 Å². The van der Waals surface area contributed by atoms with Crippen LogP contribution in [0.1, 0.15) is 24.8 Å². The highest BCUT2D eigenvalue weighted by molar-refractivity contribution is 6.29. The van der Waals surface area contributed by atoms with Crippen molar-refractivity contribution in [3.63, 3.8) is 0 Å². The number of benzene rings is 1. The Kier molecular flexibility index (Phi) is 4.55. The van der Waals surface area contributed by atoms with Gasteiger partial charge in [0.2, 0.25) is 0 Å². The predicted octanol–water partition coefficient (Wildman–Crippen LogP) is 3.73. The van der Waals surface area contributed by atoms with Gasteiger partial charge in [0, 0.05) is 25.3 Å². The zero-order chi connectivity index (χ0) is 14.5. The average Bonchev–Trinajstić information content (AvgIpc) is 2.54. The fourth-order valence-corrected chi connectivity index (χ4v) is 2.86. The summed E-state index contributed by atoms with van der Waals surface area (Å²) < 4.78 is 0. The molecule has 0 aliphatic carbocycles. The molecule has 1 aromatic carbocycles. The van der Waals surface area contributed by atoms with Crippen LogP contribution in [0.4, 0.5) is 11.5 Å². The molecule has 2 aromatic rings. The van der Waals surface area contributed by atoms with Crippen LogP contribution in [0, 0.1) is 0 Å². The molecular formula is C16H19ClN4. The first-order chi connectivity index (χ1) is 10.3. The molecule has 0 amide bonds. The Bertz CT molecular complexity index is 596. The van der Waals surface area contributed by atoms with E-state index in [0.29, 0.717) is 11.0 Å². The molecule has 1 aromatic heterocycles. The molecule has 1 aliphatic rings. The maximum Gasteiger partial charge on any atom is 0.149 e. The van der Waals surface area contributed by atoms with Crippen molar-refractivity contribution in [2.45, 2.75) is 25.8 Å². The standard InChI is InChI=1S/C16H19ClN4/c17-15-11-18-12-16(20-15)19-10-13-6-2-3-7-14(13)21-8-4-1-5-9-21/h2-3,6-7,11-12H,1,4-5,8-10H2,(H,19,20). The van der Waals surface area contributed by atoms with Crippen LogP contribution in [0.3, 0.4) is 0 Å². The first-order valence-corrected chi connectivity index (χ1v) is 7.75. The molecule has 0 bridgehead atoms. The minimum absolute atomic E-state index is 0.407. The maximum absolute atomic E-state index is 5.86. The van der Waals surface area contributed by atoms with Gasteiger partial charge in [-0.05, 0) is 30.9 Å². The topological polar surface area (TPSA) is 41.1 Å². The third-order valence-electron chi connectivity index (χ3n) is 3.75. The van der Waals surface area contributed by atoms with Gasteiger partial charge in [0.05, 0.1) is 12.4 Å². The van der Waals surface area contributed by atoms with E-state index in [9.17, 15) is 0 Å². The van der Waals surface area contributed by atoms with Crippen LogP contribution in [-0.4, -0.2) is 23.1 Å². The maximum atomic E-state index is 5.86. The Labute approximate surface area is 130 Å². The molecule has 0 unspecified atom stereocenters. The van der Waals surface area contributed by atoms with Crippen molar-refractivity contribution in [2.75, 3.05) is 23.3 Å². The lowest BCUT2D eigenvalue weighted by atomic mass is 10.1. The number of halogens is 1. The largest absolute Gasteiger partial charge is 0.371 e. The number of hydrogen-bond donors (Lipinski definition) is 1. The normalized spacial score (nSPS) is 15.0. The summed E-state index contributed by atoms with van der Waals surface area (Å²) in [6, 6.07) is 8.54. The Morgan fingerprint density at radius 1 is 1.10 bits per heavy atom. The summed E-state index contributed by atoms with van der Waals surface area (Å²) in [7, 11) is 0. The molecule has 3 rings (SSSR count). The molecule has 1 aliphatic heterocycles. The fourth-order valence-electron chi connectivity index (χ4n) is 2.72. The lowest BCUT2D eigenvalue weighted by Crippen LogP contribution is -2.30. The second kappa shape index (κ2) is 6.76. The van der Waals surface area contributed by atoms with Gasteiger partial charge >= 0.3 is 0 Å². The van der Waals surface area contributed by atoms with Gasteiger partial charge in [0.25, 0.3) is 0 Å². The van der Waals surface area contributed by atoms with Crippen LogP contribution in [-0.2, 0) is 6.54 Å². The molecule has 0 atom stereocenters. The summed E-state index contributed by atoms with van der Waals surface area (Å²) in [6.07, 6.45) is 7.13. The number of aromatic nitrogens is 2. The van der Waals surface area contributed by atoms with Crippen molar-refractivity contribution < 1.29 is 0 Å². The van der Waals surface area contributed by atoms with Crippen LogP contribution in [0.2, 0.25) is 5.15 Å². The first kappa shape index (κ1) is 14.1. The Balaban J connectivity index is 1.73. The summed E-state index contributed by atoms with van der Waals surface area (Å²) in [6.45, 7) is 3.02. The minimum Gasteiger partial charge on any atom is -0.371 e. The van der Waals surface area contributed by atoms with Crippen LogP contribution >= 0.6 is 11.6 Å². The third-order valence-corrected chi connectivity index (χ3v) is 3.94. The van der Waals surface area contributed by atoms with Crippen LogP contribution in [0.15, 0.2) is 36.7 Å². The van der Waals surface area contributed by atoms with E-state index in [2.05, 4.69) is 44.5 Å². The van der Waals surface area contributed by atoms with E-state index in [-0.39, 0.29) is 0 Å². The second-order valence-corrected chi connectivity index (χ2v) is 5.64. The van der Waals surface area contributed by atoms with Crippen molar-refractivity contribution in [2.24, 2.45) is 0 Å². The minimum atomic E-state index is 0.407. The molecule has 0 saturated carbocycles. The van der Waals surface area contributed by atoms with Crippen molar-refractivity contribution in [3.05, 3.63) is 47.4 Å². The third kappa shape index (κ3) is 3.64. The van der Waals surface area contributed by atoms with Gasteiger partial charge < -0.3 is 10.2 Å². The van der Waals surface area contributed by atoms with E-state index in [1.165, 1.54) is 36.7 Å². The summed E-state index contributed by atoms with van der Waals surface area (Å²) in [5.41, 5.74) is 2.60. The number of piperidine rings is 1. The van der Waals surface area contributed by atoms with Gasteiger partial charge in [-0.25, -0.2) is 4.98 Å². The molecule has 21 heavy (non-hydrogen) atoms. The molecule has 0 spiro atoms. The van der Waals surface area contributed by atoms with E-state index < -0.39 is 0 Å².